The van der Waals surface area contributed by atoms with E-state index < -0.39 is 7.60 Å². The van der Waals surface area contributed by atoms with Crippen molar-refractivity contribution in [2.24, 2.45) is 0 Å². The van der Waals surface area contributed by atoms with Gasteiger partial charge in [-0.15, -0.1) is 0 Å². The van der Waals surface area contributed by atoms with Gasteiger partial charge in [0.15, 0.2) is 0 Å². The number of hydrogen-bond acceptors (Lipinski definition) is 3. The third-order valence-corrected chi connectivity index (χ3v) is 10.2. The fourth-order valence-electron chi connectivity index (χ4n) is 5.33. The van der Waals surface area contributed by atoms with Crippen LogP contribution in [0.1, 0.15) is 201 Å². The summed E-state index contributed by atoms with van der Waals surface area (Å²) in [5.41, 5.74) is 0. The second-order valence-corrected chi connectivity index (χ2v) is 14.8. The Morgan fingerprint density at radius 1 is 0.381 bits per heavy atom. The summed E-state index contributed by atoms with van der Waals surface area (Å²) in [4.78, 5) is 0. The first-order chi connectivity index (χ1) is 20.7. The second-order valence-electron chi connectivity index (χ2n) is 12.5. The quantitative estimate of drug-likeness (QED) is 0.0407. The molecule has 42 heavy (non-hydrogen) atoms. The van der Waals surface area contributed by atoms with Crippen molar-refractivity contribution < 1.29 is 13.6 Å². The molecule has 0 aliphatic heterocycles. The zero-order chi connectivity index (χ0) is 30.7. The van der Waals surface area contributed by atoms with E-state index in [0.717, 1.165) is 25.7 Å². The number of allylic oxidation sites excluding steroid dienone is 4. The van der Waals surface area contributed by atoms with Gasteiger partial charge in [0.1, 0.15) is 0 Å². The Kier molecular flexibility index (Phi) is 34.8. The Balaban J connectivity index is 3.46. The van der Waals surface area contributed by atoms with E-state index in [0.29, 0.717) is 19.4 Å². The fourth-order valence-corrected chi connectivity index (χ4v) is 6.58. The molecule has 0 spiro atoms. The summed E-state index contributed by atoms with van der Waals surface area (Å²) in [7, 11) is -2.90. The summed E-state index contributed by atoms with van der Waals surface area (Å²) in [5.74, 6) is 0. The molecule has 3 nitrogen and oxygen atoms in total. The maximum Gasteiger partial charge on any atom is 0.330 e. The van der Waals surface area contributed by atoms with Crippen LogP contribution in [0.15, 0.2) is 24.3 Å². The van der Waals surface area contributed by atoms with Crippen LogP contribution >= 0.6 is 7.60 Å². The van der Waals surface area contributed by atoms with E-state index in [-0.39, 0.29) is 0 Å². The van der Waals surface area contributed by atoms with Crippen molar-refractivity contribution in [2.45, 2.75) is 201 Å². The van der Waals surface area contributed by atoms with Crippen LogP contribution in [0.3, 0.4) is 0 Å². The van der Waals surface area contributed by atoms with Crippen LogP contribution in [0.2, 0.25) is 0 Å². The molecule has 0 N–H and O–H groups in total. The topological polar surface area (TPSA) is 35.5 Å². The first-order valence-corrected chi connectivity index (χ1v) is 20.6. The molecule has 250 valence electrons. The predicted molar refractivity (Wildman–Crippen MR) is 189 cm³/mol. The summed E-state index contributed by atoms with van der Waals surface area (Å²) in [6.07, 6.45) is 46.2. The van der Waals surface area contributed by atoms with Crippen molar-refractivity contribution in [3.8, 4) is 0 Å². The maximum atomic E-state index is 12.8. The van der Waals surface area contributed by atoms with Crippen LogP contribution in [0.25, 0.3) is 0 Å². The molecular formula is C38H75O3P. The molecule has 0 heterocycles. The average Bonchev–Trinajstić information content (AvgIpc) is 3.00. The van der Waals surface area contributed by atoms with Crippen molar-refractivity contribution in [2.75, 3.05) is 19.4 Å². The molecule has 0 saturated heterocycles. The minimum atomic E-state index is -2.90. The molecule has 0 atom stereocenters. The van der Waals surface area contributed by atoms with Crippen molar-refractivity contribution in [1.29, 1.82) is 0 Å². The van der Waals surface area contributed by atoms with Crippen LogP contribution in [0.4, 0.5) is 0 Å². The van der Waals surface area contributed by atoms with Crippen LogP contribution in [0, 0.1) is 0 Å². The van der Waals surface area contributed by atoms with E-state index >= 15 is 0 Å². The first-order valence-electron chi connectivity index (χ1n) is 18.9. The molecule has 0 aliphatic rings. The van der Waals surface area contributed by atoms with Crippen molar-refractivity contribution >= 4 is 7.60 Å². The lowest BCUT2D eigenvalue weighted by atomic mass is 10.1. The highest BCUT2D eigenvalue weighted by Gasteiger charge is 2.21. The van der Waals surface area contributed by atoms with Gasteiger partial charge in [0.25, 0.3) is 0 Å². The van der Waals surface area contributed by atoms with Crippen molar-refractivity contribution in [3.05, 3.63) is 24.3 Å². The monoisotopic (exact) mass is 611 g/mol. The lowest BCUT2D eigenvalue weighted by molar-refractivity contribution is 0.198. The van der Waals surface area contributed by atoms with Crippen molar-refractivity contribution in [3.63, 3.8) is 0 Å². The summed E-state index contributed by atoms with van der Waals surface area (Å²) >= 11 is 0. The smallest absolute Gasteiger partial charge is 0.309 e. The second kappa shape index (κ2) is 35.1. The average molecular weight is 611 g/mol. The van der Waals surface area contributed by atoms with Gasteiger partial charge in [-0.2, -0.15) is 0 Å². The highest BCUT2D eigenvalue weighted by molar-refractivity contribution is 7.53. The SMILES string of the molecule is CCCCCCCCC=CCCCCCCCCOP(=O)(CC)OCCCCCCCCC=CCCCCCCCC. The summed E-state index contributed by atoms with van der Waals surface area (Å²) in [6, 6.07) is 0. The Labute approximate surface area is 265 Å². The van der Waals surface area contributed by atoms with Crippen LogP contribution in [0.5, 0.6) is 0 Å². The van der Waals surface area contributed by atoms with Gasteiger partial charge < -0.3 is 9.05 Å². The lowest BCUT2D eigenvalue weighted by Gasteiger charge is -2.17. The highest BCUT2D eigenvalue weighted by Crippen LogP contribution is 2.48. The van der Waals surface area contributed by atoms with E-state index in [1.54, 1.807) is 0 Å². The van der Waals surface area contributed by atoms with Gasteiger partial charge in [-0.05, 0) is 64.2 Å². The Morgan fingerprint density at radius 2 is 0.643 bits per heavy atom. The van der Waals surface area contributed by atoms with E-state index in [4.69, 9.17) is 9.05 Å². The third kappa shape index (κ3) is 32.5. The minimum absolute atomic E-state index is 0.478. The Hall–Kier alpha value is -0.370. The van der Waals surface area contributed by atoms with E-state index in [9.17, 15) is 4.57 Å². The van der Waals surface area contributed by atoms with Gasteiger partial charge >= 0.3 is 7.60 Å². The number of hydrogen-bond donors (Lipinski definition) is 0. The fraction of sp³-hybridized carbons (Fsp3) is 0.895. The molecule has 0 aromatic carbocycles. The van der Waals surface area contributed by atoms with Gasteiger partial charge in [-0.1, -0.05) is 161 Å². The standard InChI is InChI=1S/C38H75O3P/c1-4-7-9-11-13-15-17-19-21-23-25-27-29-31-33-35-37-40-42(39,6-3)41-38-36-34-32-30-28-26-24-22-20-18-16-14-12-10-8-5-2/h19-22H,4-18,23-38H2,1-3H3. The molecule has 0 aromatic heterocycles. The van der Waals surface area contributed by atoms with Crippen LogP contribution in [-0.4, -0.2) is 19.4 Å². The normalized spacial score (nSPS) is 13.5. The highest BCUT2D eigenvalue weighted by atomic mass is 31.2. The van der Waals surface area contributed by atoms with Gasteiger partial charge in [0, 0.05) is 6.16 Å². The van der Waals surface area contributed by atoms with Crippen LogP contribution < -0.4 is 0 Å². The molecule has 0 fully saturated rings. The molecule has 0 unspecified atom stereocenters. The summed E-state index contributed by atoms with van der Waals surface area (Å²) in [5, 5.41) is 0. The van der Waals surface area contributed by atoms with E-state index in [2.05, 4.69) is 38.2 Å². The Bertz CT molecular complexity index is 567. The molecule has 0 aromatic rings. The number of rotatable bonds is 35. The van der Waals surface area contributed by atoms with Crippen LogP contribution in [-0.2, 0) is 13.6 Å². The van der Waals surface area contributed by atoms with Gasteiger partial charge in [0.2, 0.25) is 0 Å². The predicted octanol–water partition coefficient (Wildman–Crippen LogP) is 14.3. The van der Waals surface area contributed by atoms with Gasteiger partial charge in [0.05, 0.1) is 13.2 Å². The molecule has 0 rings (SSSR count). The van der Waals surface area contributed by atoms with Crippen molar-refractivity contribution in [1.82, 2.24) is 0 Å². The van der Waals surface area contributed by atoms with Gasteiger partial charge in [-0.3, -0.25) is 4.57 Å². The summed E-state index contributed by atoms with van der Waals surface area (Å²) < 4.78 is 24.3. The lowest BCUT2D eigenvalue weighted by Crippen LogP contribution is -2.01. The molecule has 0 radical (unpaired) electrons. The molecule has 0 bridgehead atoms. The molecule has 0 amide bonds. The zero-order valence-electron chi connectivity index (χ0n) is 28.9. The molecule has 0 aliphatic carbocycles. The summed E-state index contributed by atoms with van der Waals surface area (Å²) in [6.45, 7) is 7.62. The largest absolute Gasteiger partial charge is 0.330 e. The minimum Gasteiger partial charge on any atom is -0.309 e. The van der Waals surface area contributed by atoms with E-state index in [1.165, 1.54) is 154 Å². The molecule has 0 saturated carbocycles. The first kappa shape index (κ1) is 41.6. The van der Waals surface area contributed by atoms with E-state index in [1.807, 2.05) is 6.92 Å². The van der Waals surface area contributed by atoms with Gasteiger partial charge in [-0.25, -0.2) is 0 Å². The molecule has 4 heteroatoms. The maximum absolute atomic E-state index is 12.8. The zero-order valence-corrected chi connectivity index (χ0v) is 29.8. The molecular weight excluding hydrogens is 535 g/mol. The number of unbranched alkanes of at least 4 members (excludes halogenated alkanes) is 24. The third-order valence-electron chi connectivity index (χ3n) is 8.28. The Morgan fingerprint density at radius 3 is 0.929 bits per heavy atom.